The van der Waals surface area contributed by atoms with Gasteiger partial charge in [-0.15, -0.1) is 0 Å². The molecule has 0 saturated carbocycles. The van der Waals surface area contributed by atoms with Crippen molar-refractivity contribution in [2.24, 2.45) is 5.73 Å². The molecule has 1 aromatic carbocycles. The van der Waals surface area contributed by atoms with E-state index < -0.39 is 10.0 Å². The summed E-state index contributed by atoms with van der Waals surface area (Å²) < 4.78 is 27.4. The van der Waals surface area contributed by atoms with Crippen LogP contribution < -0.4 is 10.5 Å². The highest BCUT2D eigenvalue weighted by atomic mass is 32.2. The van der Waals surface area contributed by atoms with Crippen molar-refractivity contribution in [3.05, 3.63) is 53.3 Å². The lowest BCUT2D eigenvalue weighted by atomic mass is 10.1. The molecular formula is C14H15N3O2S2. The third-order valence-electron chi connectivity index (χ3n) is 3.00. The molecule has 0 fully saturated rings. The molecule has 2 aromatic rings. The topological polar surface area (TPSA) is 85.1 Å². The number of aromatic nitrogens is 1. The van der Waals surface area contributed by atoms with Gasteiger partial charge in [0.25, 0.3) is 10.0 Å². The van der Waals surface area contributed by atoms with Crippen LogP contribution in [-0.2, 0) is 10.0 Å². The van der Waals surface area contributed by atoms with Gasteiger partial charge in [0.05, 0.1) is 16.3 Å². The van der Waals surface area contributed by atoms with Crippen LogP contribution in [-0.4, -0.2) is 18.4 Å². The Hall–Kier alpha value is -1.99. The fourth-order valence-corrected chi connectivity index (χ4v) is 3.37. The van der Waals surface area contributed by atoms with Crippen LogP contribution in [0.4, 0.5) is 5.69 Å². The maximum absolute atomic E-state index is 12.5. The standard InChI is InChI=1S/C14H15N3O2S2/c1-9-8-11(14(15)20)5-6-13(9)21(18,19)17-12-4-3-7-16-10(12)2/h3-8,17H,1-2H3,(H2,15,20). The number of benzene rings is 1. The Morgan fingerprint density at radius 1 is 1.29 bits per heavy atom. The first kappa shape index (κ1) is 15.4. The van der Waals surface area contributed by atoms with Crippen molar-refractivity contribution in [3.63, 3.8) is 0 Å². The van der Waals surface area contributed by atoms with Crippen LogP contribution in [0.2, 0.25) is 0 Å². The van der Waals surface area contributed by atoms with Crippen molar-refractivity contribution in [2.45, 2.75) is 18.7 Å². The lowest BCUT2D eigenvalue weighted by Crippen LogP contribution is -2.16. The first-order chi connectivity index (χ1) is 9.81. The van der Waals surface area contributed by atoms with E-state index in [1.165, 1.54) is 6.07 Å². The van der Waals surface area contributed by atoms with Crippen molar-refractivity contribution in [2.75, 3.05) is 4.72 Å². The summed E-state index contributed by atoms with van der Waals surface area (Å²) >= 11 is 4.88. The Kier molecular flexibility index (Phi) is 4.24. The molecule has 0 aliphatic heterocycles. The van der Waals surface area contributed by atoms with Crippen molar-refractivity contribution in [1.29, 1.82) is 0 Å². The van der Waals surface area contributed by atoms with Crippen LogP contribution in [0, 0.1) is 13.8 Å². The van der Waals surface area contributed by atoms with E-state index >= 15 is 0 Å². The molecule has 0 aliphatic rings. The minimum Gasteiger partial charge on any atom is -0.389 e. The summed E-state index contributed by atoms with van der Waals surface area (Å²) in [5, 5.41) is 0. The van der Waals surface area contributed by atoms with Crippen LogP contribution in [0.25, 0.3) is 0 Å². The largest absolute Gasteiger partial charge is 0.389 e. The SMILES string of the molecule is Cc1cc(C(N)=S)ccc1S(=O)(=O)Nc1cccnc1C. The van der Waals surface area contributed by atoms with Crippen molar-refractivity contribution < 1.29 is 8.42 Å². The Bertz CT molecular complexity index is 802. The number of anilines is 1. The number of nitrogens with two attached hydrogens (primary N) is 1. The van der Waals surface area contributed by atoms with Gasteiger partial charge in [-0.2, -0.15) is 0 Å². The number of nitrogens with zero attached hydrogens (tertiary/aromatic N) is 1. The smallest absolute Gasteiger partial charge is 0.262 e. The summed E-state index contributed by atoms with van der Waals surface area (Å²) in [6.45, 7) is 3.44. The molecule has 5 nitrogen and oxygen atoms in total. The van der Waals surface area contributed by atoms with Gasteiger partial charge in [-0.25, -0.2) is 8.42 Å². The second-order valence-corrected chi connectivity index (χ2v) is 6.68. The number of rotatable bonds is 4. The third kappa shape index (κ3) is 3.37. The highest BCUT2D eigenvalue weighted by Gasteiger charge is 2.18. The minimum atomic E-state index is -3.68. The van der Waals surface area contributed by atoms with Gasteiger partial charge in [0.15, 0.2) is 0 Å². The van der Waals surface area contributed by atoms with Gasteiger partial charge in [0.2, 0.25) is 0 Å². The van der Waals surface area contributed by atoms with Crippen LogP contribution in [0.5, 0.6) is 0 Å². The Morgan fingerprint density at radius 2 is 2.00 bits per heavy atom. The summed E-state index contributed by atoms with van der Waals surface area (Å²) in [4.78, 5) is 4.48. The van der Waals surface area contributed by atoms with E-state index in [1.54, 1.807) is 44.3 Å². The second kappa shape index (κ2) is 5.79. The molecular weight excluding hydrogens is 306 g/mol. The maximum atomic E-state index is 12.5. The van der Waals surface area contributed by atoms with Gasteiger partial charge in [-0.05, 0) is 43.7 Å². The lowest BCUT2D eigenvalue weighted by molar-refractivity contribution is 0.600. The number of sulfonamides is 1. The van der Waals surface area contributed by atoms with Gasteiger partial charge in [0.1, 0.15) is 4.99 Å². The third-order valence-corrected chi connectivity index (χ3v) is 4.76. The molecule has 0 atom stereocenters. The Balaban J connectivity index is 2.41. The number of pyridine rings is 1. The van der Waals surface area contributed by atoms with Crippen molar-refractivity contribution in [3.8, 4) is 0 Å². The van der Waals surface area contributed by atoms with E-state index in [0.29, 0.717) is 22.5 Å². The summed E-state index contributed by atoms with van der Waals surface area (Å²) in [6.07, 6.45) is 1.61. The quantitative estimate of drug-likeness (QED) is 0.843. The molecule has 0 spiro atoms. The van der Waals surface area contributed by atoms with Gasteiger partial charge >= 0.3 is 0 Å². The molecule has 1 aromatic heterocycles. The first-order valence-corrected chi connectivity index (χ1v) is 8.05. The second-order valence-electron chi connectivity index (χ2n) is 4.59. The molecule has 2 rings (SSSR count). The van der Waals surface area contributed by atoms with E-state index in [1.807, 2.05) is 0 Å². The molecule has 0 saturated heterocycles. The fraction of sp³-hybridized carbons (Fsp3) is 0.143. The van der Waals surface area contributed by atoms with E-state index in [-0.39, 0.29) is 9.88 Å². The summed E-state index contributed by atoms with van der Waals surface area (Å²) in [7, 11) is -3.68. The van der Waals surface area contributed by atoms with E-state index in [9.17, 15) is 8.42 Å². The summed E-state index contributed by atoms with van der Waals surface area (Å²) in [5.74, 6) is 0. The van der Waals surface area contributed by atoms with Crippen LogP contribution in [0.15, 0.2) is 41.4 Å². The van der Waals surface area contributed by atoms with Crippen LogP contribution in [0.3, 0.4) is 0 Å². The number of hydrogen-bond acceptors (Lipinski definition) is 4. The zero-order chi connectivity index (χ0) is 15.6. The highest BCUT2D eigenvalue weighted by Crippen LogP contribution is 2.21. The molecule has 21 heavy (non-hydrogen) atoms. The van der Waals surface area contributed by atoms with Gasteiger partial charge in [-0.1, -0.05) is 18.3 Å². The van der Waals surface area contributed by atoms with Gasteiger partial charge in [-0.3, -0.25) is 9.71 Å². The minimum absolute atomic E-state index is 0.186. The monoisotopic (exact) mass is 321 g/mol. The van der Waals surface area contributed by atoms with Crippen molar-refractivity contribution in [1.82, 2.24) is 4.98 Å². The number of hydrogen-bond donors (Lipinski definition) is 2. The summed E-state index contributed by atoms with van der Waals surface area (Å²) in [6, 6.07) is 8.09. The van der Waals surface area contributed by atoms with Crippen molar-refractivity contribution >= 4 is 32.9 Å². The first-order valence-electron chi connectivity index (χ1n) is 6.16. The average molecular weight is 321 g/mol. The molecule has 0 amide bonds. The molecule has 0 bridgehead atoms. The molecule has 1 heterocycles. The molecule has 7 heteroatoms. The van der Waals surface area contributed by atoms with Gasteiger partial charge < -0.3 is 5.73 Å². The molecule has 110 valence electrons. The molecule has 0 aliphatic carbocycles. The van der Waals surface area contributed by atoms with E-state index in [2.05, 4.69) is 9.71 Å². The molecule has 3 N–H and O–H groups in total. The maximum Gasteiger partial charge on any atom is 0.262 e. The molecule has 0 unspecified atom stereocenters. The number of aryl methyl sites for hydroxylation is 2. The highest BCUT2D eigenvalue weighted by molar-refractivity contribution is 7.92. The normalized spacial score (nSPS) is 11.1. The van der Waals surface area contributed by atoms with Gasteiger partial charge in [0, 0.05) is 11.8 Å². The van der Waals surface area contributed by atoms with E-state index in [0.717, 1.165) is 0 Å². The lowest BCUT2D eigenvalue weighted by Gasteiger charge is -2.12. The zero-order valence-corrected chi connectivity index (χ0v) is 13.3. The average Bonchev–Trinajstić information content (AvgIpc) is 2.40. The predicted octanol–water partition coefficient (Wildman–Crippen LogP) is 2.13. The summed E-state index contributed by atoms with van der Waals surface area (Å²) in [5.41, 5.74) is 7.82. The van der Waals surface area contributed by atoms with E-state index in [4.69, 9.17) is 18.0 Å². The number of thiocarbonyl (C=S) groups is 1. The predicted molar refractivity (Wildman–Crippen MR) is 86.8 cm³/mol. The van der Waals surface area contributed by atoms with Crippen LogP contribution >= 0.6 is 12.2 Å². The Labute approximate surface area is 129 Å². The number of nitrogens with one attached hydrogen (secondary N) is 1. The fourth-order valence-electron chi connectivity index (χ4n) is 1.90. The Morgan fingerprint density at radius 3 is 2.57 bits per heavy atom. The van der Waals surface area contributed by atoms with Crippen LogP contribution in [0.1, 0.15) is 16.8 Å². The molecule has 0 radical (unpaired) electrons. The zero-order valence-electron chi connectivity index (χ0n) is 11.6.